The van der Waals surface area contributed by atoms with E-state index in [1.807, 2.05) is 29.0 Å². The van der Waals surface area contributed by atoms with Crippen LogP contribution in [0.3, 0.4) is 0 Å². The maximum atomic E-state index is 12.2. The number of rotatable bonds is 6. The van der Waals surface area contributed by atoms with E-state index in [0.717, 1.165) is 38.8 Å². The van der Waals surface area contributed by atoms with Crippen molar-refractivity contribution in [1.29, 1.82) is 0 Å². The number of carbonyl (C=O) groups is 2. The van der Waals surface area contributed by atoms with Crippen LogP contribution in [0.4, 0.5) is 4.79 Å². The largest absolute Gasteiger partial charge is 0.353 e. The average molecular weight is 347 g/mol. The molecule has 2 heterocycles. The van der Waals surface area contributed by atoms with Gasteiger partial charge in [-0.05, 0) is 37.2 Å². The molecule has 1 aromatic heterocycles. The summed E-state index contributed by atoms with van der Waals surface area (Å²) in [6, 6.07) is 0.289. The van der Waals surface area contributed by atoms with Crippen LogP contribution in [0, 0.1) is 5.92 Å². The number of likely N-dealkylation sites (tertiary alicyclic amines) is 1. The first-order valence-corrected chi connectivity index (χ1v) is 9.40. The predicted octanol–water partition coefficient (Wildman–Crippen LogP) is 1.44. The number of urea groups is 1. The number of aromatic nitrogens is 2. The molecule has 1 saturated carbocycles. The Kier molecular flexibility index (Phi) is 5.94. The van der Waals surface area contributed by atoms with Crippen LogP contribution in [0.25, 0.3) is 0 Å². The Hall–Kier alpha value is -2.05. The zero-order valence-corrected chi connectivity index (χ0v) is 15.0. The van der Waals surface area contributed by atoms with Crippen molar-refractivity contribution in [2.75, 3.05) is 19.6 Å². The van der Waals surface area contributed by atoms with Gasteiger partial charge >= 0.3 is 6.03 Å². The summed E-state index contributed by atoms with van der Waals surface area (Å²) in [7, 11) is 1.92. The summed E-state index contributed by atoms with van der Waals surface area (Å²) in [5.41, 5.74) is 1.22. The molecule has 0 aromatic carbocycles. The number of nitrogens with one attached hydrogen (secondary N) is 2. The third-order valence-corrected chi connectivity index (χ3v) is 5.20. The van der Waals surface area contributed by atoms with Gasteiger partial charge in [0.25, 0.3) is 0 Å². The zero-order valence-electron chi connectivity index (χ0n) is 15.0. The fourth-order valence-electron chi connectivity index (χ4n) is 3.86. The van der Waals surface area contributed by atoms with Crippen LogP contribution in [-0.4, -0.2) is 52.3 Å². The van der Waals surface area contributed by atoms with Crippen LogP contribution in [-0.2, 0) is 18.3 Å². The van der Waals surface area contributed by atoms with Crippen molar-refractivity contribution in [3.63, 3.8) is 0 Å². The Balaban J connectivity index is 1.32. The van der Waals surface area contributed by atoms with Crippen LogP contribution in [0.2, 0.25) is 0 Å². The first-order valence-electron chi connectivity index (χ1n) is 9.40. The summed E-state index contributed by atoms with van der Waals surface area (Å²) in [5.74, 6) is 0.531. The number of nitrogens with zero attached hydrogens (tertiary/aromatic N) is 3. The van der Waals surface area contributed by atoms with Crippen LogP contribution in [0.15, 0.2) is 12.4 Å². The summed E-state index contributed by atoms with van der Waals surface area (Å²) >= 11 is 0. The van der Waals surface area contributed by atoms with Gasteiger partial charge in [0.1, 0.15) is 0 Å². The van der Waals surface area contributed by atoms with Crippen molar-refractivity contribution in [3.05, 3.63) is 18.0 Å². The highest BCUT2D eigenvalue weighted by Crippen LogP contribution is 2.20. The lowest BCUT2D eigenvalue weighted by Gasteiger charge is -2.17. The highest BCUT2D eigenvalue weighted by atomic mass is 16.2. The highest BCUT2D eigenvalue weighted by molar-refractivity contribution is 5.78. The van der Waals surface area contributed by atoms with E-state index in [1.165, 1.54) is 18.4 Å². The first-order chi connectivity index (χ1) is 12.1. The van der Waals surface area contributed by atoms with Crippen molar-refractivity contribution >= 4 is 11.9 Å². The van der Waals surface area contributed by atoms with E-state index < -0.39 is 0 Å². The average Bonchev–Trinajstić information content (AvgIpc) is 3.31. The number of hydrogen-bond donors (Lipinski definition) is 2. The summed E-state index contributed by atoms with van der Waals surface area (Å²) in [6.45, 7) is 1.96. The van der Waals surface area contributed by atoms with Gasteiger partial charge in [-0.2, -0.15) is 5.10 Å². The van der Waals surface area contributed by atoms with Gasteiger partial charge in [-0.15, -0.1) is 0 Å². The highest BCUT2D eigenvalue weighted by Gasteiger charge is 2.26. The third-order valence-electron chi connectivity index (χ3n) is 5.20. The summed E-state index contributed by atoms with van der Waals surface area (Å²) in [6.07, 6.45) is 10.8. The number of carbonyl (C=O) groups excluding carboxylic acids is 2. The van der Waals surface area contributed by atoms with Gasteiger partial charge in [-0.25, -0.2) is 4.79 Å². The SMILES string of the molecule is Cn1cc(CC2CCN(C(=O)NCCC(=O)NC3CCCC3)C2)cn1. The fourth-order valence-corrected chi connectivity index (χ4v) is 3.86. The standard InChI is InChI=1S/C18H29N5O2/c1-22-12-15(11-20-22)10-14-7-9-23(13-14)18(25)19-8-6-17(24)21-16-4-2-3-5-16/h11-12,14,16H,2-10,13H2,1H3,(H,19,25)(H,21,24). The van der Waals surface area contributed by atoms with E-state index in [0.29, 0.717) is 24.9 Å². The molecule has 3 rings (SSSR count). The topological polar surface area (TPSA) is 79.3 Å². The van der Waals surface area contributed by atoms with E-state index in [2.05, 4.69) is 15.7 Å². The minimum atomic E-state index is -0.0534. The van der Waals surface area contributed by atoms with Crippen molar-refractivity contribution in [2.45, 2.75) is 51.0 Å². The molecule has 25 heavy (non-hydrogen) atoms. The van der Waals surface area contributed by atoms with Gasteiger partial charge in [0.15, 0.2) is 0 Å². The van der Waals surface area contributed by atoms with Gasteiger partial charge in [0.05, 0.1) is 6.20 Å². The van der Waals surface area contributed by atoms with E-state index >= 15 is 0 Å². The van der Waals surface area contributed by atoms with E-state index in [1.54, 1.807) is 0 Å². The van der Waals surface area contributed by atoms with Crippen LogP contribution >= 0.6 is 0 Å². The molecule has 1 aromatic rings. The quantitative estimate of drug-likeness (QED) is 0.817. The molecule has 2 aliphatic rings. The second-order valence-electron chi connectivity index (χ2n) is 7.36. The minimum Gasteiger partial charge on any atom is -0.353 e. The summed E-state index contributed by atoms with van der Waals surface area (Å²) in [5, 5.41) is 10.1. The maximum Gasteiger partial charge on any atom is 0.317 e. The van der Waals surface area contributed by atoms with Crippen LogP contribution in [0.1, 0.15) is 44.1 Å². The lowest BCUT2D eigenvalue weighted by atomic mass is 10.0. The smallest absolute Gasteiger partial charge is 0.317 e. The second-order valence-corrected chi connectivity index (χ2v) is 7.36. The van der Waals surface area contributed by atoms with E-state index in [-0.39, 0.29) is 11.9 Å². The van der Waals surface area contributed by atoms with Crippen molar-refractivity contribution in [1.82, 2.24) is 25.3 Å². The Labute approximate surface area is 149 Å². The molecule has 7 nitrogen and oxygen atoms in total. The first kappa shape index (κ1) is 17.8. The Morgan fingerprint density at radius 1 is 1.28 bits per heavy atom. The molecule has 7 heteroatoms. The molecule has 138 valence electrons. The molecule has 2 N–H and O–H groups in total. The molecule has 1 saturated heterocycles. The van der Waals surface area contributed by atoms with E-state index in [4.69, 9.17) is 0 Å². The monoisotopic (exact) mass is 347 g/mol. The molecule has 3 amide bonds. The van der Waals surface area contributed by atoms with Gasteiger partial charge in [-0.3, -0.25) is 9.48 Å². The molecule has 2 fully saturated rings. The molecule has 1 aliphatic carbocycles. The lowest BCUT2D eigenvalue weighted by molar-refractivity contribution is -0.121. The predicted molar refractivity (Wildman–Crippen MR) is 95.0 cm³/mol. The van der Waals surface area contributed by atoms with Crippen molar-refractivity contribution in [3.8, 4) is 0 Å². The minimum absolute atomic E-state index is 0.0445. The fraction of sp³-hybridized carbons (Fsp3) is 0.722. The molecular weight excluding hydrogens is 318 g/mol. The number of amides is 3. The third kappa shape index (κ3) is 5.21. The molecule has 1 atom stereocenters. The van der Waals surface area contributed by atoms with Gasteiger partial charge in [0, 0.05) is 45.3 Å². The number of hydrogen-bond acceptors (Lipinski definition) is 3. The Morgan fingerprint density at radius 3 is 2.80 bits per heavy atom. The van der Waals surface area contributed by atoms with Crippen LogP contribution < -0.4 is 10.6 Å². The number of aryl methyl sites for hydroxylation is 1. The summed E-state index contributed by atoms with van der Waals surface area (Å²) in [4.78, 5) is 26.0. The normalized spacial score (nSPS) is 20.8. The van der Waals surface area contributed by atoms with Gasteiger partial charge in [0.2, 0.25) is 5.91 Å². The van der Waals surface area contributed by atoms with Crippen LogP contribution in [0.5, 0.6) is 0 Å². The molecular formula is C18H29N5O2. The zero-order chi connectivity index (χ0) is 17.6. The van der Waals surface area contributed by atoms with Gasteiger partial charge in [-0.1, -0.05) is 12.8 Å². The molecule has 1 unspecified atom stereocenters. The lowest BCUT2D eigenvalue weighted by Crippen LogP contribution is -2.41. The summed E-state index contributed by atoms with van der Waals surface area (Å²) < 4.78 is 1.81. The molecule has 0 bridgehead atoms. The molecule has 0 spiro atoms. The Morgan fingerprint density at radius 2 is 2.08 bits per heavy atom. The Bertz CT molecular complexity index is 594. The van der Waals surface area contributed by atoms with Crippen molar-refractivity contribution in [2.24, 2.45) is 13.0 Å². The molecule has 1 aliphatic heterocycles. The maximum absolute atomic E-state index is 12.2. The van der Waals surface area contributed by atoms with E-state index in [9.17, 15) is 9.59 Å². The molecule has 0 radical (unpaired) electrons. The van der Waals surface area contributed by atoms with Gasteiger partial charge < -0.3 is 15.5 Å². The second kappa shape index (κ2) is 8.36. The van der Waals surface area contributed by atoms with Crippen molar-refractivity contribution < 1.29 is 9.59 Å².